The van der Waals surface area contributed by atoms with Gasteiger partial charge in [0.15, 0.2) is 5.82 Å². The van der Waals surface area contributed by atoms with Crippen molar-refractivity contribution in [2.75, 3.05) is 38.2 Å². The van der Waals surface area contributed by atoms with Crippen molar-refractivity contribution in [1.29, 1.82) is 0 Å². The molecule has 2 fully saturated rings. The number of methoxy groups -OCH3 is 1. The lowest BCUT2D eigenvalue weighted by Crippen LogP contribution is -2.38. The summed E-state index contributed by atoms with van der Waals surface area (Å²) in [6, 6.07) is 7.73. The van der Waals surface area contributed by atoms with Crippen LogP contribution in [0.4, 0.5) is 5.82 Å². The van der Waals surface area contributed by atoms with E-state index in [1.807, 2.05) is 29.2 Å². The van der Waals surface area contributed by atoms with Gasteiger partial charge in [-0.3, -0.25) is 4.79 Å². The lowest BCUT2D eigenvalue weighted by molar-refractivity contribution is 0.0724. The van der Waals surface area contributed by atoms with Gasteiger partial charge in [-0.2, -0.15) is 0 Å². The van der Waals surface area contributed by atoms with E-state index < -0.39 is 0 Å². The van der Waals surface area contributed by atoms with Crippen molar-refractivity contribution in [3.05, 3.63) is 36.0 Å². The van der Waals surface area contributed by atoms with Crippen LogP contribution < -0.4 is 9.64 Å². The first-order valence-electron chi connectivity index (χ1n) is 10.3. The number of benzene rings is 1. The van der Waals surface area contributed by atoms with Gasteiger partial charge in [-0.1, -0.05) is 0 Å². The van der Waals surface area contributed by atoms with Crippen LogP contribution in [0.5, 0.6) is 5.75 Å². The van der Waals surface area contributed by atoms with Gasteiger partial charge < -0.3 is 14.5 Å². The van der Waals surface area contributed by atoms with E-state index in [9.17, 15) is 4.79 Å². The van der Waals surface area contributed by atoms with E-state index in [-0.39, 0.29) is 5.91 Å². The van der Waals surface area contributed by atoms with Crippen molar-refractivity contribution in [2.45, 2.75) is 38.5 Å². The number of nitrogens with zero attached hydrogens (tertiary/aromatic N) is 4. The maximum absolute atomic E-state index is 13.2. The molecule has 2 aliphatic heterocycles. The molecule has 0 saturated carbocycles. The maximum Gasteiger partial charge on any atom is 0.259 e. The van der Waals surface area contributed by atoms with Crippen LogP contribution in [0.15, 0.2) is 30.5 Å². The third-order valence-electron chi connectivity index (χ3n) is 5.65. The van der Waals surface area contributed by atoms with Gasteiger partial charge in [0.05, 0.1) is 7.11 Å². The number of ether oxygens (including phenoxy) is 1. The Kier molecular flexibility index (Phi) is 5.74. The quantitative estimate of drug-likeness (QED) is 0.808. The summed E-state index contributed by atoms with van der Waals surface area (Å²) in [5, 5.41) is 0. The molecule has 0 spiro atoms. The van der Waals surface area contributed by atoms with Gasteiger partial charge >= 0.3 is 0 Å². The number of piperidine rings is 2. The Labute approximate surface area is 166 Å². The fraction of sp³-hybridized carbons (Fsp3) is 0.500. The largest absolute Gasteiger partial charge is 0.497 e. The zero-order valence-corrected chi connectivity index (χ0v) is 16.6. The minimum absolute atomic E-state index is 0.0709. The zero-order chi connectivity index (χ0) is 19.3. The highest BCUT2D eigenvalue weighted by Crippen LogP contribution is 2.27. The van der Waals surface area contributed by atoms with Crippen molar-refractivity contribution in [3.63, 3.8) is 0 Å². The average Bonchev–Trinajstić information content (AvgIpc) is 2.79. The standard InChI is InChI=1S/C22H28N4O2/c1-28-18-10-8-17(9-11-18)20-23-16-19(22(27)26-14-6-3-7-15-26)21(24-20)25-12-4-2-5-13-25/h8-11,16H,2-7,12-15H2,1H3. The highest BCUT2D eigenvalue weighted by atomic mass is 16.5. The van der Waals surface area contributed by atoms with Crippen molar-refractivity contribution in [1.82, 2.24) is 14.9 Å². The highest BCUT2D eigenvalue weighted by Gasteiger charge is 2.26. The predicted molar refractivity (Wildman–Crippen MR) is 110 cm³/mol. The van der Waals surface area contributed by atoms with Gasteiger partial charge in [-0.25, -0.2) is 9.97 Å². The van der Waals surface area contributed by atoms with E-state index in [4.69, 9.17) is 9.72 Å². The molecule has 1 aromatic heterocycles. The van der Waals surface area contributed by atoms with Crippen molar-refractivity contribution < 1.29 is 9.53 Å². The summed E-state index contributed by atoms with van der Waals surface area (Å²) in [7, 11) is 1.65. The molecule has 3 heterocycles. The summed E-state index contributed by atoms with van der Waals surface area (Å²) in [6.45, 7) is 3.55. The van der Waals surface area contributed by atoms with Crippen LogP contribution >= 0.6 is 0 Å². The lowest BCUT2D eigenvalue weighted by atomic mass is 10.1. The molecule has 1 aromatic carbocycles. The number of amides is 1. The van der Waals surface area contributed by atoms with E-state index in [1.165, 1.54) is 12.8 Å². The minimum Gasteiger partial charge on any atom is -0.497 e. The average molecular weight is 380 g/mol. The zero-order valence-electron chi connectivity index (χ0n) is 16.6. The van der Waals surface area contributed by atoms with Gasteiger partial charge in [-0.05, 0) is 62.8 Å². The molecule has 2 aromatic rings. The van der Waals surface area contributed by atoms with Gasteiger partial charge in [-0.15, -0.1) is 0 Å². The number of carbonyl (C=O) groups excluding carboxylic acids is 1. The maximum atomic E-state index is 13.2. The molecule has 0 bridgehead atoms. The Bertz CT molecular complexity index is 810. The van der Waals surface area contributed by atoms with E-state index >= 15 is 0 Å². The molecule has 148 valence electrons. The fourth-order valence-corrected chi connectivity index (χ4v) is 4.02. The number of likely N-dealkylation sites (tertiary alicyclic amines) is 1. The van der Waals surface area contributed by atoms with E-state index in [2.05, 4.69) is 9.88 Å². The molecule has 4 rings (SSSR count). The van der Waals surface area contributed by atoms with Crippen LogP contribution in [0.25, 0.3) is 11.4 Å². The van der Waals surface area contributed by atoms with Crippen LogP contribution in [0.3, 0.4) is 0 Å². The van der Waals surface area contributed by atoms with Crippen LogP contribution in [0, 0.1) is 0 Å². The molecule has 2 saturated heterocycles. The van der Waals surface area contributed by atoms with Crippen molar-refractivity contribution in [3.8, 4) is 17.1 Å². The van der Waals surface area contributed by atoms with Crippen LogP contribution in [-0.4, -0.2) is 54.1 Å². The third-order valence-corrected chi connectivity index (χ3v) is 5.65. The minimum atomic E-state index is 0.0709. The summed E-state index contributed by atoms with van der Waals surface area (Å²) >= 11 is 0. The molecule has 0 N–H and O–H groups in total. The SMILES string of the molecule is COc1ccc(-c2ncc(C(=O)N3CCCCC3)c(N3CCCCC3)n2)cc1. The normalized spacial score (nSPS) is 17.5. The third kappa shape index (κ3) is 3.96. The second-order valence-electron chi connectivity index (χ2n) is 7.56. The first-order chi connectivity index (χ1) is 13.8. The Hall–Kier alpha value is -2.63. The predicted octanol–water partition coefficient (Wildman–Crippen LogP) is 3.77. The molecule has 0 atom stereocenters. The molecule has 2 aliphatic rings. The fourth-order valence-electron chi connectivity index (χ4n) is 4.02. The Morgan fingerprint density at radius 1 is 0.929 bits per heavy atom. The first kappa shape index (κ1) is 18.7. The molecular weight excluding hydrogens is 352 g/mol. The molecule has 6 heteroatoms. The topological polar surface area (TPSA) is 58.6 Å². The van der Waals surface area contributed by atoms with Gasteiger partial charge in [0.25, 0.3) is 5.91 Å². The number of anilines is 1. The Balaban J connectivity index is 1.69. The second kappa shape index (κ2) is 8.59. The Morgan fingerprint density at radius 3 is 2.21 bits per heavy atom. The first-order valence-corrected chi connectivity index (χ1v) is 10.3. The molecule has 0 radical (unpaired) electrons. The van der Waals surface area contributed by atoms with Crippen LogP contribution in [-0.2, 0) is 0 Å². The molecule has 1 amide bonds. The number of aromatic nitrogens is 2. The molecule has 28 heavy (non-hydrogen) atoms. The van der Waals surface area contributed by atoms with Crippen LogP contribution in [0.1, 0.15) is 48.9 Å². The van der Waals surface area contributed by atoms with E-state index in [0.29, 0.717) is 11.4 Å². The monoisotopic (exact) mass is 380 g/mol. The molecule has 6 nitrogen and oxygen atoms in total. The Morgan fingerprint density at radius 2 is 1.57 bits per heavy atom. The number of carbonyl (C=O) groups is 1. The van der Waals surface area contributed by atoms with Gasteiger partial charge in [0.2, 0.25) is 0 Å². The van der Waals surface area contributed by atoms with Crippen molar-refractivity contribution >= 4 is 11.7 Å². The second-order valence-corrected chi connectivity index (χ2v) is 7.56. The molecular formula is C22H28N4O2. The lowest BCUT2D eigenvalue weighted by Gasteiger charge is -2.31. The number of rotatable bonds is 4. The molecule has 0 aliphatic carbocycles. The number of hydrogen-bond acceptors (Lipinski definition) is 5. The molecule has 0 unspecified atom stereocenters. The van der Waals surface area contributed by atoms with E-state index in [0.717, 1.165) is 69.0 Å². The summed E-state index contributed by atoms with van der Waals surface area (Å²) in [4.78, 5) is 26.8. The summed E-state index contributed by atoms with van der Waals surface area (Å²) < 4.78 is 5.24. The number of hydrogen-bond donors (Lipinski definition) is 0. The van der Waals surface area contributed by atoms with Crippen LogP contribution in [0.2, 0.25) is 0 Å². The van der Waals surface area contributed by atoms with Crippen molar-refractivity contribution in [2.24, 2.45) is 0 Å². The summed E-state index contributed by atoms with van der Waals surface area (Å²) in [6.07, 6.45) is 8.61. The highest BCUT2D eigenvalue weighted by molar-refractivity contribution is 5.99. The summed E-state index contributed by atoms with van der Waals surface area (Å²) in [5.74, 6) is 2.31. The van der Waals surface area contributed by atoms with Gasteiger partial charge in [0, 0.05) is 37.9 Å². The van der Waals surface area contributed by atoms with E-state index in [1.54, 1.807) is 13.3 Å². The van der Waals surface area contributed by atoms with Gasteiger partial charge in [0.1, 0.15) is 17.1 Å². The smallest absolute Gasteiger partial charge is 0.259 e. The summed E-state index contributed by atoms with van der Waals surface area (Å²) in [5.41, 5.74) is 1.57.